The van der Waals surface area contributed by atoms with Gasteiger partial charge in [-0.25, -0.2) is 0 Å². The average Bonchev–Trinajstić information content (AvgIpc) is 2.67. The second-order valence-corrected chi connectivity index (χ2v) is 6.99. The Morgan fingerprint density at radius 3 is 2.19 bits per heavy atom. The smallest absolute Gasteiger partial charge is 0.297 e. The van der Waals surface area contributed by atoms with Crippen LogP contribution in [0, 0.1) is 0 Å². The van der Waals surface area contributed by atoms with E-state index in [-0.39, 0.29) is 29.6 Å². The molecule has 0 bridgehead atoms. The fourth-order valence-electron chi connectivity index (χ4n) is 2.15. The highest BCUT2D eigenvalue weighted by molar-refractivity contribution is 7.86. The Labute approximate surface area is 150 Å². The molecule has 0 N–H and O–H groups in total. The zero-order valence-electron chi connectivity index (χ0n) is 13.7. The molecule has 1 aromatic heterocycles. The Morgan fingerprint density at radius 2 is 1.54 bits per heavy atom. The van der Waals surface area contributed by atoms with Gasteiger partial charge in [0.2, 0.25) is 11.2 Å². The van der Waals surface area contributed by atoms with Gasteiger partial charge in [0.25, 0.3) is 10.1 Å². The highest BCUT2D eigenvalue weighted by Crippen LogP contribution is 2.15. The third-order valence-electron chi connectivity index (χ3n) is 3.48. The van der Waals surface area contributed by atoms with Gasteiger partial charge in [-0.1, -0.05) is 48.5 Å². The number of rotatable bonds is 7. The summed E-state index contributed by atoms with van der Waals surface area (Å²) in [6, 6.07) is 18.3. The van der Waals surface area contributed by atoms with E-state index in [9.17, 15) is 13.2 Å². The van der Waals surface area contributed by atoms with Gasteiger partial charge in [0.15, 0.2) is 0 Å². The number of hydrogen-bond acceptors (Lipinski definition) is 6. The van der Waals surface area contributed by atoms with Gasteiger partial charge >= 0.3 is 0 Å². The van der Waals surface area contributed by atoms with Crippen molar-refractivity contribution < 1.29 is 21.8 Å². The van der Waals surface area contributed by atoms with Crippen molar-refractivity contribution >= 4 is 10.1 Å². The fourth-order valence-corrected chi connectivity index (χ4v) is 3.04. The summed E-state index contributed by atoms with van der Waals surface area (Å²) < 4.78 is 39.7. The van der Waals surface area contributed by atoms with Crippen LogP contribution in [0.3, 0.4) is 0 Å². The predicted molar refractivity (Wildman–Crippen MR) is 94.2 cm³/mol. The molecule has 7 heteroatoms. The summed E-state index contributed by atoms with van der Waals surface area (Å²) in [5.41, 5.74) is 0.496. The number of ether oxygens (including phenoxy) is 1. The van der Waals surface area contributed by atoms with Crippen molar-refractivity contribution in [3.05, 3.63) is 94.5 Å². The molecule has 0 radical (unpaired) electrons. The van der Waals surface area contributed by atoms with E-state index in [1.807, 2.05) is 30.3 Å². The van der Waals surface area contributed by atoms with E-state index in [4.69, 9.17) is 13.3 Å². The SMILES string of the molecule is O=c1cc(COS(=O)(=O)c2ccccc2)occ1OCc1ccccc1. The van der Waals surface area contributed by atoms with Crippen LogP contribution >= 0.6 is 0 Å². The zero-order chi connectivity index (χ0) is 18.4. The standard InChI is InChI=1S/C19H16O6S/c20-18-11-16(13-25-26(21,22)17-9-5-2-6-10-17)23-14-19(18)24-12-15-7-3-1-4-8-15/h1-11,14H,12-13H2. The predicted octanol–water partition coefficient (Wildman–Crippen LogP) is 3.12. The Hall–Kier alpha value is -2.90. The molecule has 0 aliphatic carbocycles. The number of hydrogen-bond donors (Lipinski definition) is 0. The Morgan fingerprint density at radius 1 is 0.885 bits per heavy atom. The first-order valence-corrected chi connectivity index (χ1v) is 9.18. The van der Waals surface area contributed by atoms with Crippen molar-refractivity contribution in [2.24, 2.45) is 0 Å². The highest BCUT2D eigenvalue weighted by atomic mass is 32.2. The summed E-state index contributed by atoms with van der Waals surface area (Å²) in [6.07, 6.45) is 1.15. The van der Waals surface area contributed by atoms with Crippen molar-refractivity contribution in [2.75, 3.05) is 0 Å². The molecule has 134 valence electrons. The number of benzene rings is 2. The normalized spacial score (nSPS) is 11.2. The first-order valence-electron chi connectivity index (χ1n) is 7.77. The average molecular weight is 372 g/mol. The van der Waals surface area contributed by atoms with E-state index in [0.29, 0.717) is 0 Å². The van der Waals surface area contributed by atoms with Crippen LogP contribution in [0.1, 0.15) is 11.3 Å². The van der Waals surface area contributed by atoms with E-state index < -0.39 is 15.5 Å². The monoisotopic (exact) mass is 372 g/mol. The molecule has 0 fully saturated rings. The maximum absolute atomic E-state index is 12.1. The maximum Gasteiger partial charge on any atom is 0.297 e. The third-order valence-corrected chi connectivity index (χ3v) is 4.76. The van der Waals surface area contributed by atoms with Gasteiger partial charge < -0.3 is 9.15 Å². The molecule has 0 unspecified atom stereocenters. The van der Waals surface area contributed by atoms with Crippen molar-refractivity contribution in [3.63, 3.8) is 0 Å². The van der Waals surface area contributed by atoms with Gasteiger partial charge in [-0.05, 0) is 17.7 Å². The molecule has 0 atom stereocenters. The van der Waals surface area contributed by atoms with Crippen LogP contribution in [0.2, 0.25) is 0 Å². The van der Waals surface area contributed by atoms with E-state index in [1.165, 1.54) is 12.1 Å². The molecule has 0 amide bonds. The molecule has 1 heterocycles. The van der Waals surface area contributed by atoms with Crippen molar-refractivity contribution in [1.82, 2.24) is 0 Å². The van der Waals surface area contributed by atoms with Gasteiger partial charge in [-0.3, -0.25) is 8.98 Å². The molecule has 26 heavy (non-hydrogen) atoms. The van der Waals surface area contributed by atoms with Gasteiger partial charge in [0.05, 0.1) is 4.90 Å². The Bertz CT molecular complexity index is 1010. The second kappa shape index (κ2) is 7.99. The Kier molecular flexibility index (Phi) is 5.50. The van der Waals surface area contributed by atoms with E-state index in [2.05, 4.69) is 0 Å². The summed E-state index contributed by atoms with van der Waals surface area (Å²) in [6.45, 7) is -0.157. The molecule has 0 spiro atoms. The van der Waals surface area contributed by atoms with Crippen LogP contribution in [-0.2, 0) is 27.5 Å². The Balaban J connectivity index is 1.63. The van der Waals surface area contributed by atoms with Crippen molar-refractivity contribution in [1.29, 1.82) is 0 Å². The largest absolute Gasteiger partial charge is 0.482 e. The zero-order valence-corrected chi connectivity index (χ0v) is 14.5. The second-order valence-electron chi connectivity index (χ2n) is 5.38. The van der Waals surface area contributed by atoms with E-state index >= 15 is 0 Å². The van der Waals surface area contributed by atoms with E-state index in [0.717, 1.165) is 17.9 Å². The van der Waals surface area contributed by atoms with Crippen molar-refractivity contribution in [3.8, 4) is 5.75 Å². The van der Waals surface area contributed by atoms with Crippen molar-refractivity contribution in [2.45, 2.75) is 18.1 Å². The molecule has 2 aromatic carbocycles. The molecule has 0 aliphatic rings. The molecule has 0 aliphatic heterocycles. The maximum atomic E-state index is 12.1. The summed E-state index contributed by atoms with van der Waals surface area (Å²) in [4.78, 5) is 12.1. The van der Waals surface area contributed by atoms with Gasteiger partial charge in [0.1, 0.15) is 25.2 Å². The van der Waals surface area contributed by atoms with Gasteiger partial charge in [0, 0.05) is 6.07 Å². The van der Waals surface area contributed by atoms with Crippen LogP contribution in [0.25, 0.3) is 0 Å². The van der Waals surface area contributed by atoms with Crippen LogP contribution in [0.4, 0.5) is 0 Å². The molecular formula is C19H16O6S. The molecular weight excluding hydrogens is 356 g/mol. The highest BCUT2D eigenvalue weighted by Gasteiger charge is 2.16. The minimum atomic E-state index is -3.92. The van der Waals surface area contributed by atoms with Crippen LogP contribution in [-0.4, -0.2) is 8.42 Å². The lowest BCUT2D eigenvalue weighted by Gasteiger charge is -2.07. The first-order chi connectivity index (χ1) is 12.5. The summed E-state index contributed by atoms with van der Waals surface area (Å²) in [5.74, 6) is 0.130. The van der Waals surface area contributed by atoms with Gasteiger partial charge in [-0.2, -0.15) is 8.42 Å². The molecule has 0 saturated heterocycles. The van der Waals surface area contributed by atoms with Gasteiger partial charge in [-0.15, -0.1) is 0 Å². The molecule has 0 saturated carbocycles. The minimum absolute atomic E-state index is 0.0326. The van der Waals surface area contributed by atoms with E-state index in [1.54, 1.807) is 18.2 Å². The topological polar surface area (TPSA) is 82.8 Å². The quantitative estimate of drug-likeness (QED) is 0.593. The van der Waals surface area contributed by atoms with Crippen LogP contribution in [0.5, 0.6) is 5.75 Å². The third kappa shape index (κ3) is 4.59. The lowest BCUT2D eigenvalue weighted by atomic mass is 10.2. The minimum Gasteiger partial charge on any atom is -0.482 e. The summed E-state index contributed by atoms with van der Waals surface area (Å²) in [5, 5.41) is 0. The summed E-state index contributed by atoms with van der Waals surface area (Å²) in [7, 11) is -3.92. The first kappa shape index (κ1) is 17.9. The fraction of sp³-hybridized carbons (Fsp3) is 0.105. The van der Waals surface area contributed by atoms with Crippen LogP contribution in [0.15, 0.2) is 87.1 Å². The molecule has 6 nitrogen and oxygen atoms in total. The lowest BCUT2D eigenvalue weighted by Crippen LogP contribution is -2.10. The van der Waals surface area contributed by atoms with Crippen LogP contribution < -0.4 is 10.2 Å². The molecule has 3 rings (SSSR count). The summed E-state index contributed by atoms with van der Waals surface area (Å²) >= 11 is 0. The lowest BCUT2D eigenvalue weighted by molar-refractivity contribution is 0.257. The molecule has 3 aromatic rings.